The Hall–Kier alpha value is -0.440. The Balaban J connectivity index is 2.07. The first-order chi connectivity index (χ1) is 10.8. The molecule has 0 saturated carbocycles. The van der Waals surface area contributed by atoms with E-state index < -0.39 is 74.6 Å². The molecule has 23 heavy (non-hydrogen) atoms. The van der Waals surface area contributed by atoms with Crippen LogP contribution in [0.1, 0.15) is 0 Å². The Kier molecular flexibility index (Phi) is 6.27. The molecule has 0 aliphatic carbocycles. The lowest BCUT2D eigenvalue weighted by Crippen LogP contribution is -2.63. The molecule has 0 amide bonds. The van der Waals surface area contributed by atoms with Crippen molar-refractivity contribution in [1.29, 1.82) is 0 Å². The summed E-state index contributed by atoms with van der Waals surface area (Å²) in [7, 11) is 0. The van der Waals surface area contributed by atoms with Crippen molar-refractivity contribution in [1.82, 2.24) is 0 Å². The van der Waals surface area contributed by atoms with Crippen LogP contribution in [0.15, 0.2) is 0 Å². The zero-order chi connectivity index (χ0) is 17.3. The molecule has 11 heteroatoms. The fraction of sp³-hybridized carbons (Fsp3) is 1.00. The van der Waals surface area contributed by atoms with Crippen molar-refractivity contribution < 1.29 is 55.1 Å². The zero-order valence-electron chi connectivity index (χ0n) is 12.0. The molecule has 0 bridgehead atoms. The van der Waals surface area contributed by atoms with E-state index in [9.17, 15) is 30.6 Å². The standard InChI is InChI=1S/C12H22O11/c13-1-3-5(15)7(17)9(19)11(21-3)23-12-10(20)8(18)6(16)4(2-14)22-12/h3-20H,1-2H2/t3-,4-,5+,6+,7-,8+,9-,10-,11-,12-/m0/s1. The molecule has 0 aromatic heterocycles. The van der Waals surface area contributed by atoms with Crippen molar-refractivity contribution >= 4 is 0 Å². The highest BCUT2D eigenvalue weighted by Gasteiger charge is 2.49. The van der Waals surface area contributed by atoms with E-state index in [0.29, 0.717) is 0 Å². The van der Waals surface area contributed by atoms with Crippen molar-refractivity contribution in [3.63, 3.8) is 0 Å². The highest BCUT2D eigenvalue weighted by Crippen LogP contribution is 2.27. The van der Waals surface area contributed by atoms with E-state index in [1.807, 2.05) is 0 Å². The van der Waals surface area contributed by atoms with E-state index in [4.69, 9.17) is 24.4 Å². The lowest BCUT2D eigenvalue weighted by molar-refractivity contribution is -0.376. The van der Waals surface area contributed by atoms with Crippen LogP contribution >= 0.6 is 0 Å². The van der Waals surface area contributed by atoms with Crippen LogP contribution in [0.25, 0.3) is 0 Å². The molecule has 2 aliphatic rings. The van der Waals surface area contributed by atoms with Gasteiger partial charge in [-0.2, -0.15) is 0 Å². The monoisotopic (exact) mass is 342 g/mol. The molecular weight excluding hydrogens is 320 g/mol. The fourth-order valence-electron chi connectivity index (χ4n) is 2.49. The maximum Gasteiger partial charge on any atom is 0.189 e. The SMILES string of the molecule is OC[C@@H]1O[C@@H](O[C@@H]2O[C@@H](CO)[C@@H](O)[C@@H](O)[C@@H]2O)[C@@H](O)[C@@H](O)[C@@H]1O. The number of rotatable bonds is 4. The second-order valence-corrected chi connectivity index (χ2v) is 5.53. The molecule has 0 aromatic carbocycles. The van der Waals surface area contributed by atoms with Crippen LogP contribution in [-0.2, 0) is 14.2 Å². The van der Waals surface area contributed by atoms with E-state index in [1.54, 1.807) is 0 Å². The first-order valence-corrected chi connectivity index (χ1v) is 7.08. The lowest BCUT2D eigenvalue weighted by atomic mass is 9.98. The predicted octanol–water partition coefficient (Wildman–Crippen LogP) is -5.40. The van der Waals surface area contributed by atoms with Crippen LogP contribution in [0.5, 0.6) is 0 Å². The second-order valence-electron chi connectivity index (χ2n) is 5.53. The van der Waals surface area contributed by atoms with Gasteiger partial charge in [0.2, 0.25) is 0 Å². The van der Waals surface area contributed by atoms with Gasteiger partial charge in [-0.1, -0.05) is 0 Å². The maximum atomic E-state index is 9.84. The highest BCUT2D eigenvalue weighted by molar-refractivity contribution is 4.92. The quantitative estimate of drug-likeness (QED) is 0.243. The minimum absolute atomic E-state index is 0.667. The molecule has 2 aliphatic heterocycles. The van der Waals surface area contributed by atoms with Gasteiger partial charge in [0.05, 0.1) is 13.2 Å². The van der Waals surface area contributed by atoms with E-state index >= 15 is 0 Å². The van der Waals surface area contributed by atoms with Crippen molar-refractivity contribution in [2.24, 2.45) is 0 Å². The number of aliphatic hydroxyl groups is 8. The third kappa shape index (κ3) is 3.65. The molecule has 2 rings (SSSR count). The normalized spacial score (nSPS) is 51.7. The summed E-state index contributed by atoms with van der Waals surface area (Å²) in [5.41, 5.74) is 0. The number of hydrogen-bond acceptors (Lipinski definition) is 11. The van der Waals surface area contributed by atoms with Gasteiger partial charge in [0.1, 0.15) is 48.8 Å². The first kappa shape index (κ1) is 18.9. The minimum atomic E-state index is -1.72. The van der Waals surface area contributed by atoms with Crippen LogP contribution in [-0.4, -0.2) is 115 Å². The van der Waals surface area contributed by atoms with E-state index in [2.05, 4.69) is 0 Å². The molecule has 10 atom stereocenters. The molecular formula is C12H22O11. The average Bonchev–Trinajstić information content (AvgIpc) is 2.55. The van der Waals surface area contributed by atoms with E-state index in [-0.39, 0.29) is 0 Å². The summed E-state index contributed by atoms with van der Waals surface area (Å²) < 4.78 is 15.3. The number of aliphatic hydroxyl groups excluding tert-OH is 8. The minimum Gasteiger partial charge on any atom is -0.394 e. The van der Waals surface area contributed by atoms with Gasteiger partial charge < -0.3 is 55.1 Å². The van der Waals surface area contributed by atoms with Crippen molar-refractivity contribution in [2.75, 3.05) is 13.2 Å². The van der Waals surface area contributed by atoms with Crippen molar-refractivity contribution in [2.45, 2.75) is 61.4 Å². The van der Waals surface area contributed by atoms with Gasteiger partial charge in [-0.25, -0.2) is 0 Å². The van der Waals surface area contributed by atoms with Gasteiger partial charge in [-0.05, 0) is 0 Å². The van der Waals surface area contributed by atoms with Crippen LogP contribution < -0.4 is 0 Å². The fourth-order valence-corrected chi connectivity index (χ4v) is 2.49. The van der Waals surface area contributed by atoms with Crippen molar-refractivity contribution in [3.8, 4) is 0 Å². The second kappa shape index (κ2) is 7.63. The Bertz CT molecular complexity index is 344. The average molecular weight is 342 g/mol. The highest BCUT2D eigenvalue weighted by atomic mass is 16.8. The summed E-state index contributed by atoms with van der Waals surface area (Å²) in [6, 6.07) is 0. The van der Waals surface area contributed by atoms with Gasteiger partial charge in [0.15, 0.2) is 12.6 Å². The molecule has 11 nitrogen and oxygen atoms in total. The van der Waals surface area contributed by atoms with Crippen molar-refractivity contribution in [3.05, 3.63) is 0 Å². The third-order valence-corrected chi connectivity index (χ3v) is 3.97. The molecule has 0 unspecified atom stereocenters. The van der Waals surface area contributed by atoms with Crippen LogP contribution in [0.3, 0.4) is 0 Å². The molecule has 136 valence electrons. The summed E-state index contributed by atoms with van der Waals surface area (Å²) in [5, 5.41) is 76.4. The van der Waals surface area contributed by atoms with Gasteiger partial charge >= 0.3 is 0 Å². The predicted molar refractivity (Wildman–Crippen MR) is 68.6 cm³/mol. The Morgan fingerprint density at radius 2 is 0.913 bits per heavy atom. The smallest absolute Gasteiger partial charge is 0.189 e. The largest absolute Gasteiger partial charge is 0.394 e. The summed E-state index contributed by atoms with van der Waals surface area (Å²) >= 11 is 0. The molecule has 0 spiro atoms. The lowest BCUT2D eigenvalue weighted by Gasteiger charge is -2.44. The molecule has 2 fully saturated rings. The summed E-state index contributed by atoms with van der Waals surface area (Å²) in [6.45, 7) is -1.33. The molecule has 2 heterocycles. The van der Waals surface area contributed by atoms with Crippen LogP contribution in [0.2, 0.25) is 0 Å². The first-order valence-electron chi connectivity index (χ1n) is 7.08. The van der Waals surface area contributed by atoms with Gasteiger partial charge in [0.25, 0.3) is 0 Å². The Morgan fingerprint density at radius 1 is 0.565 bits per heavy atom. The molecule has 0 radical (unpaired) electrons. The summed E-state index contributed by atoms with van der Waals surface area (Å²) in [4.78, 5) is 0. The third-order valence-electron chi connectivity index (χ3n) is 3.97. The van der Waals surface area contributed by atoms with E-state index in [0.717, 1.165) is 0 Å². The topological polar surface area (TPSA) is 190 Å². The summed E-state index contributed by atoms with van der Waals surface area (Å²) in [5.74, 6) is 0. The number of ether oxygens (including phenoxy) is 3. The number of hydrogen-bond donors (Lipinski definition) is 8. The van der Waals surface area contributed by atoms with E-state index in [1.165, 1.54) is 0 Å². The van der Waals surface area contributed by atoms with Crippen LogP contribution in [0.4, 0.5) is 0 Å². The molecule has 2 saturated heterocycles. The Labute approximate surface area is 130 Å². The van der Waals surface area contributed by atoms with Gasteiger partial charge in [-0.15, -0.1) is 0 Å². The maximum absolute atomic E-state index is 9.84. The Morgan fingerprint density at radius 3 is 1.22 bits per heavy atom. The van der Waals surface area contributed by atoms with Crippen LogP contribution in [0, 0.1) is 0 Å². The molecule has 0 aromatic rings. The summed E-state index contributed by atoms with van der Waals surface area (Å²) in [6.07, 6.45) is -15.6. The zero-order valence-corrected chi connectivity index (χ0v) is 12.0. The van der Waals surface area contributed by atoms with Gasteiger partial charge in [-0.3, -0.25) is 0 Å². The molecule has 8 N–H and O–H groups in total. The van der Waals surface area contributed by atoms with Gasteiger partial charge in [0, 0.05) is 0 Å².